The maximum atomic E-state index is 12.7. The monoisotopic (exact) mass is 487 g/mol. The Hall–Kier alpha value is -3.92. The number of carbonyl (C=O) groups excluding carboxylic acids is 2. The number of hydrogen-bond donors (Lipinski definition) is 2. The minimum absolute atomic E-state index is 0.0804. The minimum atomic E-state index is -0.280. The Labute approximate surface area is 208 Å². The van der Waals surface area contributed by atoms with Gasteiger partial charge < -0.3 is 25.2 Å². The lowest BCUT2D eigenvalue weighted by molar-refractivity contribution is -0.0248. The SMILES string of the molecule is CCOC(=O)N1CC=C(c2cccn3nc(Nc4ccc(C(=O)N5CC6(CNC6)C5)cc4)nc23)CC1. The molecule has 3 aliphatic heterocycles. The van der Waals surface area contributed by atoms with Crippen LogP contribution >= 0.6 is 0 Å². The molecule has 0 bridgehead atoms. The van der Waals surface area contributed by atoms with Crippen LogP contribution in [0.2, 0.25) is 0 Å². The number of amides is 2. The van der Waals surface area contributed by atoms with Crippen LogP contribution in [0.3, 0.4) is 0 Å². The van der Waals surface area contributed by atoms with Gasteiger partial charge in [-0.25, -0.2) is 9.31 Å². The molecule has 1 spiro atoms. The number of anilines is 2. The zero-order valence-corrected chi connectivity index (χ0v) is 20.2. The molecule has 3 aromatic rings. The summed E-state index contributed by atoms with van der Waals surface area (Å²) in [6.07, 6.45) is 4.36. The first-order chi connectivity index (χ1) is 17.5. The van der Waals surface area contributed by atoms with Crippen molar-refractivity contribution in [3.63, 3.8) is 0 Å². The summed E-state index contributed by atoms with van der Waals surface area (Å²) < 4.78 is 6.86. The third kappa shape index (κ3) is 4.07. The number of likely N-dealkylation sites (tertiary alicyclic amines) is 1. The number of nitrogens with zero attached hydrogens (tertiary/aromatic N) is 5. The summed E-state index contributed by atoms with van der Waals surface area (Å²) in [5.74, 6) is 0.560. The van der Waals surface area contributed by atoms with E-state index < -0.39 is 0 Å². The summed E-state index contributed by atoms with van der Waals surface area (Å²) in [6.45, 7) is 6.99. The highest BCUT2D eigenvalue weighted by molar-refractivity contribution is 5.95. The lowest BCUT2D eigenvalue weighted by Gasteiger charge is -2.56. The van der Waals surface area contributed by atoms with E-state index in [4.69, 9.17) is 9.72 Å². The molecule has 0 aliphatic carbocycles. The van der Waals surface area contributed by atoms with Crippen molar-refractivity contribution in [1.82, 2.24) is 29.7 Å². The second-order valence-electron chi connectivity index (χ2n) is 9.72. The number of fused-ring (bicyclic) bond motifs is 1. The van der Waals surface area contributed by atoms with Crippen LogP contribution in [0.1, 0.15) is 29.3 Å². The van der Waals surface area contributed by atoms with Gasteiger partial charge in [-0.05, 0) is 55.3 Å². The molecule has 6 rings (SSSR count). The van der Waals surface area contributed by atoms with Crippen LogP contribution in [0.15, 0.2) is 48.7 Å². The molecule has 0 unspecified atom stereocenters. The summed E-state index contributed by atoms with van der Waals surface area (Å²) in [7, 11) is 0. The summed E-state index contributed by atoms with van der Waals surface area (Å²) >= 11 is 0. The van der Waals surface area contributed by atoms with E-state index in [1.807, 2.05) is 54.4 Å². The molecular formula is C26H29N7O3. The van der Waals surface area contributed by atoms with Crippen LogP contribution in [-0.2, 0) is 4.74 Å². The maximum absolute atomic E-state index is 12.7. The Morgan fingerprint density at radius 3 is 2.61 bits per heavy atom. The van der Waals surface area contributed by atoms with Gasteiger partial charge in [-0.15, -0.1) is 5.10 Å². The average Bonchev–Trinajstić information content (AvgIpc) is 3.25. The fraction of sp³-hybridized carbons (Fsp3) is 0.385. The predicted octanol–water partition coefficient (Wildman–Crippen LogP) is 2.76. The Bertz CT molecular complexity index is 1340. The largest absolute Gasteiger partial charge is 0.450 e. The van der Waals surface area contributed by atoms with Crippen LogP contribution in [0.4, 0.5) is 16.4 Å². The van der Waals surface area contributed by atoms with Gasteiger partial charge >= 0.3 is 6.09 Å². The van der Waals surface area contributed by atoms with Gasteiger partial charge in [0.25, 0.3) is 5.91 Å². The number of ether oxygens (including phenoxy) is 1. The Kier molecular flexibility index (Phi) is 5.60. The molecule has 1 aromatic carbocycles. The van der Waals surface area contributed by atoms with Gasteiger partial charge in [0, 0.05) is 67.7 Å². The van der Waals surface area contributed by atoms with E-state index in [9.17, 15) is 9.59 Å². The number of benzene rings is 1. The first kappa shape index (κ1) is 22.5. The van der Waals surface area contributed by atoms with Crippen molar-refractivity contribution in [3.05, 3.63) is 59.8 Å². The molecule has 2 amide bonds. The van der Waals surface area contributed by atoms with Gasteiger partial charge in [-0.1, -0.05) is 6.08 Å². The molecule has 5 heterocycles. The lowest BCUT2D eigenvalue weighted by Crippen LogP contribution is -2.71. The third-order valence-electron chi connectivity index (χ3n) is 7.17. The van der Waals surface area contributed by atoms with Crippen molar-refractivity contribution in [1.29, 1.82) is 0 Å². The van der Waals surface area contributed by atoms with Crippen molar-refractivity contribution in [2.24, 2.45) is 5.41 Å². The number of pyridine rings is 1. The molecule has 10 nitrogen and oxygen atoms in total. The topological polar surface area (TPSA) is 104 Å². The molecule has 2 N–H and O–H groups in total. The molecule has 0 radical (unpaired) electrons. The van der Waals surface area contributed by atoms with E-state index in [0.717, 1.165) is 55.1 Å². The van der Waals surface area contributed by atoms with Crippen molar-refractivity contribution >= 4 is 34.9 Å². The van der Waals surface area contributed by atoms with Gasteiger partial charge in [0.1, 0.15) is 0 Å². The molecule has 2 aromatic heterocycles. The van der Waals surface area contributed by atoms with Crippen LogP contribution < -0.4 is 10.6 Å². The fourth-order valence-electron chi connectivity index (χ4n) is 5.12. The number of aromatic nitrogens is 3. The molecule has 186 valence electrons. The third-order valence-corrected chi connectivity index (χ3v) is 7.17. The molecule has 0 atom stereocenters. The number of rotatable bonds is 5. The Morgan fingerprint density at radius 2 is 1.94 bits per heavy atom. The highest BCUT2D eigenvalue weighted by Crippen LogP contribution is 2.35. The molecule has 2 fully saturated rings. The smallest absolute Gasteiger partial charge is 0.410 e. The molecule has 36 heavy (non-hydrogen) atoms. The van der Waals surface area contributed by atoms with E-state index in [1.54, 1.807) is 9.42 Å². The standard InChI is InChI=1S/C26H29N7O3/c1-2-36-25(35)31-12-9-18(10-13-31)21-4-3-11-33-22(21)29-24(30-33)28-20-7-5-19(6-8-20)23(34)32-16-26(17-32)14-27-15-26/h3-9,11,27H,2,10,12-17H2,1H3,(H,28,30). The molecule has 10 heteroatoms. The highest BCUT2D eigenvalue weighted by atomic mass is 16.6. The minimum Gasteiger partial charge on any atom is -0.450 e. The number of hydrogen-bond acceptors (Lipinski definition) is 7. The Morgan fingerprint density at radius 1 is 1.14 bits per heavy atom. The predicted molar refractivity (Wildman–Crippen MR) is 135 cm³/mol. The highest BCUT2D eigenvalue weighted by Gasteiger charge is 2.49. The van der Waals surface area contributed by atoms with Gasteiger partial charge in [0.15, 0.2) is 5.65 Å². The van der Waals surface area contributed by atoms with Crippen LogP contribution in [0.5, 0.6) is 0 Å². The summed E-state index contributed by atoms with van der Waals surface area (Å²) in [6, 6.07) is 11.4. The lowest BCUT2D eigenvalue weighted by atomic mass is 9.74. The zero-order chi connectivity index (χ0) is 24.7. The van der Waals surface area contributed by atoms with E-state index in [0.29, 0.717) is 36.6 Å². The first-order valence-corrected chi connectivity index (χ1v) is 12.4. The molecule has 2 saturated heterocycles. The first-order valence-electron chi connectivity index (χ1n) is 12.4. The van der Waals surface area contributed by atoms with E-state index >= 15 is 0 Å². The maximum Gasteiger partial charge on any atom is 0.410 e. The second-order valence-corrected chi connectivity index (χ2v) is 9.72. The van der Waals surface area contributed by atoms with Crippen LogP contribution in [0, 0.1) is 5.41 Å². The van der Waals surface area contributed by atoms with Crippen LogP contribution in [-0.4, -0.2) is 82.3 Å². The summed E-state index contributed by atoms with van der Waals surface area (Å²) in [4.78, 5) is 33.1. The summed E-state index contributed by atoms with van der Waals surface area (Å²) in [5, 5.41) is 11.1. The van der Waals surface area contributed by atoms with Gasteiger partial charge in [-0.2, -0.15) is 4.98 Å². The molecule has 0 saturated carbocycles. The summed E-state index contributed by atoms with van der Waals surface area (Å²) in [5.41, 5.74) is 4.70. The van der Waals surface area contributed by atoms with Crippen LogP contribution in [0.25, 0.3) is 11.2 Å². The molecular weight excluding hydrogens is 458 g/mol. The quantitative estimate of drug-likeness (QED) is 0.570. The number of carbonyl (C=O) groups is 2. The zero-order valence-electron chi connectivity index (χ0n) is 20.2. The van der Waals surface area contributed by atoms with Crippen molar-refractivity contribution in [2.45, 2.75) is 13.3 Å². The Balaban J connectivity index is 1.14. The fourth-order valence-corrected chi connectivity index (χ4v) is 5.12. The van der Waals surface area contributed by atoms with Gasteiger partial charge in [0.2, 0.25) is 5.95 Å². The van der Waals surface area contributed by atoms with E-state index in [2.05, 4.69) is 21.8 Å². The van der Waals surface area contributed by atoms with E-state index in [-0.39, 0.29) is 12.0 Å². The second kappa shape index (κ2) is 8.94. The number of nitrogens with one attached hydrogen (secondary N) is 2. The van der Waals surface area contributed by atoms with Gasteiger partial charge in [-0.3, -0.25) is 4.79 Å². The average molecular weight is 488 g/mol. The molecule has 3 aliphatic rings. The van der Waals surface area contributed by atoms with Crippen molar-refractivity contribution in [3.8, 4) is 0 Å². The van der Waals surface area contributed by atoms with Crippen molar-refractivity contribution in [2.75, 3.05) is 51.2 Å². The van der Waals surface area contributed by atoms with Gasteiger partial charge in [0.05, 0.1) is 6.61 Å². The van der Waals surface area contributed by atoms with E-state index in [1.165, 1.54) is 0 Å². The van der Waals surface area contributed by atoms with Crippen molar-refractivity contribution < 1.29 is 14.3 Å². The normalized spacial score (nSPS) is 18.4.